The molecule has 152 valence electrons. The van der Waals surface area contributed by atoms with Crippen LogP contribution in [-0.4, -0.2) is 27.3 Å². The number of hydrogen-bond acceptors (Lipinski definition) is 6. The summed E-state index contributed by atoms with van der Waals surface area (Å²) in [5, 5.41) is 15.2. The van der Waals surface area contributed by atoms with Gasteiger partial charge in [0.15, 0.2) is 11.5 Å². The van der Waals surface area contributed by atoms with Gasteiger partial charge in [-0.3, -0.25) is 0 Å². The fraction of sp³-hybridized carbons (Fsp3) is 0.211. The number of aromatic nitrogens is 4. The van der Waals surface area contributed by atoms with Gasteiger partial charge < -0.3 is 14.8 Å². The van der Waals surface area contributed by atoms with Gasteiger partial charge in [0.25, 0.3) is 0 Å². The molecule has 29 heavy (non-hydrogen) atoms. The van der Waals surface area contributed by atoms with Crippen LogP contribution < -0.4 is 14.8 Å². The van der Waals surface area contributed by atoms with Gasteiger partial charge in [0.2, 0.25) is 5.95 Å². The highest BCUT2D eigenvalue weighted by Gasteiger charge is 2.14. The second-order valence-electron chi connectivity index (χ2n) is 5.91. The summed E-state index contributed by atoms with van der Waals surface area (Å²) in [5.74, 6) is 0.858. The number of benzene rings is 2. The normalized spacial score (nSPS) is 10.6. The van der Waals surface area contributed by atoms with Crippen molar-refractivity contribution in [2.24, 2.45) is 0 Å². The lowest BCUT2D eigenvalue weighted by Crippen LogP contribution is -2.09. The number of allylic oxidation sites excluding steroid dienone is 1. The van der Waals surface area contributed by atoms with E-state index >= 15 is 0 Å². The van der Waals surface area contributed by atoms with E-state index in [1.54, 1.807) is 29.0 Å². The molecule has 0 radical (unpaired) electrons. The van der Waals surface area contributed by atoms with E-state index in [0.29, 0.717) is 35.6 Å². The lowest BCUT2D eigenvalue weighted by Gasteiger charge is -2.15. The molecule has 0 aliphatic carbocycles. The maximum atomic E-state index is 13.9. The highest BCUT2D eigenvalue weighted by Crippen LogP contribution is 2.34. The van der Waals surface area contributed by atoms with Crippen LogP contribution in [0.15, 0.2) is 43.0 Å². The number of tetrazole rings is 1. The van der Waals surface area contributed by atoms with Crippen LogP contribution in [0.4, 0.5) is 10.3 Å². The van der Waals surface area contributed by atoms with Crippen LogP contribution in [0.25, 0.3) is 0 Å². The molecule has 10 heteroatoms. The van der Waals surface area contributed by atoms with Crippen LogP contribution in [-0.2, 0) is 19.7 Å². The summed E-state index contributed by atoms with van der Waals surface area (Å²) in [6.07, 6.45) is 1.69. The maximum absolute atomic E-state index is 13.9. The van der Waals surface area contributed by atoms with E-state index in [2.05, 4.69) is 27.4 Å². The Labute approximate surface area is 177 Å². The minimum Gasteiger partial charge on any atom is -0.493 e. The molecular weight excluding hydrogens is 420 g/mol. The molecule has 3 rings (SSSR count). The second kappa shape index (κ2) is 9.58. The molecule has 0 aliphatic rings. The number of rotatable bonds is 9. The molecule has 3 aromatic rings. The smallest absolute Gasteiger partial charge is 0.243 e. The van der Waals surface area contributed by atoms with E-state index in [1.807, 2.05) is 0 Å². The molecule has 0 atom stereocenters. The number of ether oxygens (including phenoxy) is 2. The van der Waals surface area contributed by atoms with E-state index in [0.717, 1.165) is 5.56 Å². The first-order valence-electron chi connectivity index (χ1n) is 8.56. The number of halogens is 3. The zero-order valence-electron chi connectivity index (χ0n) is 15.5. The molecule has 1 N–H and O–H groups in total. The van der Waals surface area contributed by atoms with Crippen molar-refractivity contribution >= 4 is 29.2 Å². The molecule has 0 saturated carbocycles. The molecule has 7 nitrogen and oxygen atoms in total. The summed E-state index contributed by atoms with van der Waals surface area (Å²) >= 11 is 12.4. The largest absolute Gasteiger partial charge is 0.493 e. The van der Waals surface area contributed by atoms with Gasteiger partial charge in [0.05, 0.1) is 18.7 Å². The van der Waals surface area contributed by atoms with Crippen molar-refractivity contribution in [3.8, 4) is 11.5 Å². The Morgan fingerprint density at radius 3 is 2.79 bits per heavy atom. The summed E-state index contributed by atoms with van der Waals surface area (Å²) in [5.41, 5.74) is 1.00. The number of nitrogens with zero attached hydrogens (tertiary/aromatic N) is 4. The molecule has 1 aromatic heterocycles. The third kappa shape index (κ3) is 4.96. The maximum Gasteiger partial charge on any atom is 0.243 e. The quantitative estimate of drug-likeness (QED) is 0.496. The monoisotopic (exact) mass is 437 g/mol. The first-order chi connectivity index (χ1) is 14.0. The van der Waals surface area contributed by atoms with Crippen molar-refractivity contribution in [3.63, 3.8) is 0 Å². The third-order valence-electron chi connectivity index (χ3n) is 4.04. The average Bonchev–Trinajstić information content (AvgIpc) is 3.14. The topological polar surface area (TPSA) is 74.1 Å². The Balaban J connectivity index is 1.75. The molecular formula is C19H18Cl2FN5O2. The second-order valence-corrected chi connectivity index (χ2v) is 6.72. The lowest BCUT2D eigenvalue weighted by molar-refractivity contribution is 0.279. The predicted octanol–water partition coefficient (Wildman–Crippen LogP) is 4.50. The van der Waals surface area contributed by atoms with Crippen molar-refractivity contribution in [2.75, 3.05) is 12.4 Å². The minimum atomic E-state index is -0.444. The minimum absolute atomic E-state index is 0.0634. The summed E-state index contributed by atoms with van der Waals surface area (Å²) in [6, 6.07) is 7.80. The Bertz CT molecular complexity index is 992. The number of anilines is 1. The van der Waals surface area contributed by atoms with E-state index in [9.17, 15) is 4.39 Å². The highest BCUT2D eigenvalue weighted by atomic mass is 35.5. The van der Waals surface area contributed by atoms with E-state index in [1.165, 1.54) is 19.2 Å². The van der Waals surface area contributed by atoms with Gasteiger partial charge in [-0.15, -0.1) is 6.58 Å². The van der Waals surface area contributed by atoms with Gasteiger partial charge in [0, 0.05) is 23.2 Å². The van der Waals surface area contributed by atoms with Crippen molar-refractivity contribution in [3.05, 3.63) is 70.0 Å². The molecule has 2 aromatic carbocycles. The Morgan fingerprint density at radius 2 is 2.07 bits per heavy atom. The van der Waals surface area contributed by atoms with Crippen LogP contribution in [0.3, 0.4) is 0 Å². The van der Waals surface area contributed by atoms with Crippen LogP contribution >= 0.6 is 23.2 Å². The first kappa shape index (κ1) is 20.9. The number of nitrogens with one attached hydrogen (secondary N) is 1. The van der Waals surface area contributed by atoms with Gasteiger partial charge in [-0.05, 0) is 34.2 Å². The number of hydrogen-bond donors (Lipinski definition) is 1. The van der Waals surface area contributed by atoms with Crippen molar-refractivity contribution in [1.82, 2.24) is 20.2 Å². The fourth-order valence-corrected chi connectivity index (χ4v) is 2.99. The average molecular weight is 438 g/mol. The molecule has 0 saturated heterocycles. The Kier molecular flexibility index (Phi) is 6.90. The van der Waals surface area contributed by atoms with Crippen LogP contribution in [0.1, 0.15) is 11.1 Å². The summed E-state index contributed by atoms with van der Waals surface area (Å²) in [6.45, 7) is 4.42. The first-order valence-corrected chi connectivity index (χ1v) is 9.32. The predicted molar refractivity (Wildman–Crippen MR) is 109 cm³/mol. The SMILES string of the molecule is C=CCn1nnnc1NCc1cc(OC)c(OCc2c(F)cccc2Cl)cc1Cl. The molecule has 0 aliphatic heterocycles. The van der Waals surface area contributed by atoms with Gasteiger partial charge in [-0.2, -0.15) is 0 Å². The Hall–Kier alpha value is -2.84. The molecule has 0 spiro atoms. The molecule has 0 bridgehead atoms. The van der Waals surface area contributed by atoms with Gasteiger partial charge >= 0.3 is 0 Å². The summed E-state index contributed by atoms with van der Waals surface area (Å²) in [7, 11) is 1.51. The standard InChI is InChI=1S/C19H18Cl2FN5O2/c1-3-7-27-19(24-25-26-27)23-10-12-8-17(28-2)18(9-15(12)21)29-11-13-14(20)5-4-6-16(13)22/h3-6,8-9H,1,7,10-11H2,2H3,(H,23,24,26). The van der Waals surface area contributed by atoms with Gasteiger partial charge in [0.1, 0.15) is 12.4 Å². The summed E-state index contributed by atoms with van der Waals surface area (Å²) in [4.78, 5) is 0. The zero-order chi connectivity index (χ0) is 20.8. The molecule has 0 fully saturated rings. The van der Waals surface area contributed by atoms with E-state index < -0.39 is 5.82 Å². The van der Waals surface area contributed by atoms with E-state index in [4.69, 9.17) is 32.7 Å². The summed E-state index contributed by atoms with van der Waals surface area (Å²) < 4.78 is 26.6. The molecule has 0 amide bonds. The Morgan fingerprint density at radius 1 is 1.24 bits per heavy atom. The highest BCUT2D eigenvalue weighted by molar-refractivity contribution is 6.31. The fourth-order valence-electron chi connectivity index (χ4n) is 2.56. The van der Waals surface area contributed by atoms with Crippen molar-refractivity contribution in [1.29, 1.82) is 0 Å². The van der Waals surface area contributed by atoms with Crippen molar-refractivity contribution in [2.45, 2.75) is 19.7 Å². The van der Waals surface area contributed by atoms with Crippen LogP contribution in [0.2, 0.25) is 10.0 Å². The molecule has 1 heterocycles. The van der Waals surface area contributed by atoms with Crippen molar-refractivity contribution < 1.29 is 13.9 Å². The third-order valence-corrected chi connectivity index (χ3v) is 4.74. The van der Waals surface area contributed by atoms with Crippen LogP contribution in [0.5, 0.6) is 11.5 Å². The molecule has 0 unspecified atom stereocenters. The van der Waals surface area contributed by atoms with Gasteiger partial charge in [-0.25, -0.2) is 9.07 Å². The van der Waals surface area contributed by atoms with Crippen LogP contribution in [0, 0.1) is 5.82 Å². The van der Waals surface area contributed by atoms with Gasteiger partial charge in [-0.1, -0.05) is 40.4 Å². The zero-order valence-corrected chi connectivity index (χ0v) is 17.0. The lowest BCUT2D eigenvalue weighted by atomic mass is 10.2. The number of methoxy groups -OCH3 is 1. The van der Waals surface area contributed by atoms with E-state index in [-0.39, 0.29) is 17.2 Å².